The molecule has 1 aromatic heterocycles. The van der Waals surface area contributed by atoms with Crippen LogP contribution in [0.25, 0.3) is 10.9 Å². The van der Waals surface area contributed by atoms with Gasteiger partial charge in [-0.2, -0.15) is 0 Å². The van der Waals surface area contributed by atoms with Gasteiger partial charge in [0.1, 0.15) is 0 Å². The zero-order valence-electron chi connectivity index (χ0n) is 12.6. The van der Waals surface area contributed by atoms with Crippen LogP contribution >= 0.6 is 0 Å². The molecule has 0 spiro atoms. The molecule has 1 aliphatic carbocycles. The fourth-order valence-corrected chi connectivity index (χ4v) is 2.69. The number of hydrogen-bond donors (Lipinski definition) is 2. The minimum atomic E-state index is 0.117. The molecular formula is C17H23N3O. The molecule has 1 saturated carbocycles. The normalized spacial score (nSPS) is 14.5. The number of fused-ring (bicyclic) bond motifs is 1. The highest BCUT2D eigenvalue weighted by Gasteiger charge is 2.20. The number of rotatable bonds is 7. The smallest absolute Gasteiger partial charge is 0.221 e. The summed E-state index contributed by atoms with van der Waals surface area (Å²) in [6, 6.07) is 9.31. The Balaban J connectivity index is 1.71. The number of carbonyl (C=O) groups excluding carboxylic acids is 1. The third-order valence-electron chi connectivity index (χ3n) is 4.02. The third-order valence-corrected chi connectivity index (χ3v) is 4.02. The van der Waals surface area contributed by atoms with Crippen molar-refractivity contribution in [3.05, 3.63) is 36.0 Å². The van der Waals surface area contributed by atoms with Gasteiger partial charge in [-0.3, -0.25) is 4.79 Å². The zero-order valence-corrected chi connectivity index (χ0v) is 12.6. The van der Waals surface area contributed by atoms with Gasteiger partial charge in [-0.05, 0) is 37.5 Å². The molecule has 4 nitrogen and oxygen atoms in total. The molecule has 0 radical (unpaired) electrons. The Bertz CT molecular complexity index is 628. The van der Waals surface area contributed by atoms with Crippen molar-refractivity contribution in [2.45, 2.75) is 45.3 Å². The van der Waals surface area contributed by atoms with Crippen LogP contribution in [-0.2, 0) is 17.9 Å². The minimum absolute atomic E-state index is 0.117. The first kappa shape index (κ1) is 14.1. The molecule has 1 fully saturated rings. The second-order valence-electron chi connectivity index (χ2n) is 5.72. The molecule has 3 rings (SSSR count). The van der Waals surface area contributed by atoms with E-state index in [4.69, 9.17) is 0 Å². The largest absolute Gasteiger partial charge is 0.356 e. The van der Waals surface area contributed by atoms with Crippen molar-refractivity contribution < 1.29 is 4.79 Å². The molecule has 1 aromatic carbocycles. The van der Waals surface area contributed by atoms with E-state index in [0.717, 1.165) is 19.1 Å². The molecule has 0 saturated heterocycles. The van der Waals surface area contributed by atoms with E-state index in [1.807, 2.05) is 6.92 Å². The first-order valence-corrected chi connectivity index (χ1v) is 7.84. The maximum Gasteiger partial charge on any atom is 0.221 e. The molecule has 0 atom stereocenters. The number of aromatic nitrogens is 1. The Labute approximate surface area is 125 Å². The van der Waals surface area contributed by atoms with Crippen molar-refractivity contribution in [1.82, 2.24) is 15.2 Å². The standard InChI is InChI=1S/C17H23N3O/c1-2-18-17(21)9-11-20-10-8-15-13(4-3-5-16(15)20)12-19-14-6-7-14/h3-5,8,10,14,19H,2,6-7,9,11-12H2,1H3,(H,18,21). The monoisotopic (exact) mass is 285 g/mol. The van der Waals surface area contributed by atoms with Crippen LogP contribution in [0.15, 0.2) is 30.5 Å². The molecule has 112 valence electrons. The number of nitrogens with one attached hydrogen (secondary N) is 2. The molecule has 0 bridgehead atoms. The first-order valence-electron chi connectivity index (χ1n) is 7.84. The number of amides is 1. The average Bonchev–Trinajstić information content (AvgIpc) is 3.22. The van der Waals surface area contributed by atoms with Crippen molar-refractivity contribution in [3.63, 3.8) is 0 Å². The maximum absolute atomic E-state index is 11.6. The van der Waals surface area contributed by atoms with Crippen LogP contribution in [0.3, 0.4) is 0 Å². The van der Waals surface area contributed by atoms with E-state index in [1.165, 1.54) is 29.3 Å². The number of aryl methyl sites for hydroxylation is 1. The summed E-state index contributed by atoms with van der Waals surface area (Å²) >= 11 is 0. The van der Waals surface area contributed by atoms with Crippen LogP contribution in [-0.4, -0.2) is 23.1 Å². The summed E-state index contributed by atoms with van der Waals surface area (Å²) in [4.78, 5) is 11.6. The molecule has 1 aliphatic rings. The van der Waals surface area contributed by atoms with Crippen LogP contribution in [0.2, 0.25) is 0 Å². The first-order chi connectivity index (χ1) is 10.3. The van der Waals surface area contributed by atoms with Crippen molar-refractivity contribution in [3.8, 4) is 0 Å². The van der Waals surface area contributed by atoms with E-state index in [2.05, 4.69) is 45.7 Å². The van der Waals surface area contributed by atoms with E-state index >= 15 is 0 Å². The SMILES string of the molecule is CCNC(=O)CCn1ccc2c(CNC3CC3)cccc21. The van der Waals surface area contributed by atoms with Gasteiger partial charge in [0, 0.05) is 49.2 Å². The summed E-state index contributed by atoms with van der Waals surface area (Å²) in [7, 11) is 0. The van der Waals surface area contributed by atoms with Gasteiger partial charge < -0.3 is 15.2 Å². The fourth-order valence-electron chi connectivity index (χ4n) is 2.69. The molecule has 1 amide bonds. The fraction of sp³-hybridized carbons (Fsp3) is 0.471. The van der Waals surface area contributed by atoms with Gasteiger partial charge in [-0.15, -0.1) is 0 Å². The predicted octanol–water partition coefficient (Wildman–Crippen LogP) is 2.42. The minimum Gasteiger partial charge on any atom is -0.356 e. The van der Waals surface area contributed by atoms with Gasteiger partial charge in [0.05, 0.1) is 0 Å². The van der Waals surface area contributed by atoms with Crippen LogP contribution in [0, 0.1) is 0 Å². The molecule has 0 unspecified atom stereocenters. The summed E-state index contributed by atoms with van der Waals surface area (Å²) in [5.41, 5.74) is 2.56. The van der Waals surface area contributed by atoms with E-state index in [9.17, 15) is 4.79 Å². The number of benzene rings is 1. The van der Waals surface area contributed by atoms with Gasteiger partial charge in [0.15, 0.2) is 0 Å². The molecule has 4 heteroatoms. The van der Waals surface area contributed by atoms with Gasteiger partial charge in [0.2, 0.25) is 5.91 Å². The molecule has 21 heavy (non-hydrogen) atoms. The number of hydrogen-bond acceptors (Lipinski definition) is 2. The Morgan fingerprint density at radius 1 is 1.33 bits per heavy atom. The molecule has 1 heterocycles. The van der Waals surface area contributed by atoms with Gasteiger partial charge in [0.25, 0.3) is 0 Å². The van der Waals surface area contributed by atoms with E-state index < -0.39 is 0 Å². The van der Waals surface area contributed by atoms with Gasteiger partial charge >= 0.3 is 0 Å². The van der Waals surface area contributed by atoms with Crippen LogP contribution < -0.4 is 10.6 Å². The Morgan fingerprint density at radius 2 is 2.19 bits per heavy atom. The van der Waals surface area contributed by atoms with Crippen molar-refractivity contribution in [1.29, 1.82) is 0 Å². The lowest BCUT2D eigenvalue weighted by Crippen LogP contribution is -2.23. The molecular weight excluding hydrogens is 262 g/mol. The second-order valence-corrected chi connectivity index (χ2v) is 5.72. The lowest BCUT2D eigenvalue weighted by Gasteiger charge is -2.08. The summed E-state index contributed by atoms with van der Waals surface area (Å²) in [6.07, 6.45) is 5.24. The topological polar surface area (TPSA) is 46.1 Å². The van der Waals surface area contributed by atoms with Crippen LogP contribution in [0.1, 0.15) is 31.7 Å². The quantitative estimate of drug-likeness (QED) is 0.820. The lowest BCUT2D eigenvalue weighted by atomic mass is 10.1. The Morgan fingerprint density at radius 3 is 2.95 bits per heavy atom. The molecule has 2 aromatic rings. The van der Waals surface area contributed by atoms with Gasteiger partial charge in [-0.25, -0.2) is 0 Å². The Hall–Kier alpha value is -1.81. The van der Waals surface area contributed by atoms with Crippen molar-refractivity contribution >= 4 is 16.8 Å². The second kappa shape index (κ2) is 6.31. The highest BCUT2D eigenvalue weighted by atomic mass is 16.1. The summed E-state index contributed by atoms with van der Waals surface area (Å²) < 4.78 is 2.17. The summed E-state index contributed by atoms with van der Waals surface area (Å²) in [5.74, 6) is 0.117. The molecule has 0 aliphatic heterocycles. The maximum atomic E-state index is 11.6. The zero-order chi connectivity index (χ0) is 14.7. The lowest BCUT2D eigenvalue weighted by molar-refractivity contribution is -0.121. The van der Waals surface area contributed by atoms with E-state index in [0.29, 0.717) is 13.0 Å². The average molecular weight is 285 g/mol. The highest BCUT2D eigenvalue weighted by Crippen LogP contribution is 2.23. The number of nitrogens with zero attached hydrogens (tertiary/aromatic N) is 1. The van der Waals surface area contributed by atoms with Gasteiger partial charge in [-0.1, -0.05) is 12.1 Å². The number of carbonyl (C=O) groups is 1. The summed E-state index contributed by atoms with van der Waals surface area (Å²) in [5, 5.41) is 7.71. The van der Waals surface area contributed by atoms with Crippen molar-refractivity contribution in [2.75, 3.05) is 6.54 Å². The van der Waals surface area contributed by atoms with Crippen LogP contribution in [0.4, 0.5) is 0 Å². The van der Waals surface area contributed by atoms with E-state index in [1.54, 1.807) is 0 Å². The highest BCUT2D eigenvalue weighted by molar-refractivity contribution is 5.84. The molecule has 2 N–H and O–H groups in total. The van der Waals surface area contributed by atoms with Crippen molar-refractivity contribution in [2.24, 2.45) is 0 Å². The van der Waals surface area contributed by atoms with Crippen LogP contribution in [0.5, 0.6) is 0 Å². The summed E-state index contributed by atoms with van der Waals surface area (Å²) in [6.45, 7) is 4.31. The third kappa shape index (κ3) is 3.45. The van der Waals surface area contributed by atoms with E-state index in [-0.39, 0.29) is 5.91 Å². The predicted molar refractivity (Wildman–Crippen MR) is 85.1 cm³/mol. The Kier molecular flexibility index (Phi) is 4.25.